The number of unbranched alkanes of at least 4 members (excludes halogenated alkanes) is 1. The molecule has 19 heavy (non-hydrogen) atoms. The lowest BCUT2D eigenvalue weighted by Crippen LogP contribution is -2.16. The Morgan fingerprint density at radius 2 is 2.11 bits per heavy atom. The lowest BCUT2D eigenvalue weighted by Gasteiger charge is -2.08. The van der Waals surface area contributed by atoms with E-state index in [-0.39, 0.29) is 12.1 Å². The minimum Gasteiger partial charge on any atom is -0.449 e. The van der Waals surface area contributed by atoms with Crippen LogP contribution in [0, 0.1) is 17.8 Å². The summed E-state index contributed by atoms with van der Waals surface area (Å²) >= 11 is 0. The first kappa shape index (κ1) is 13.7. The van der Waals surface area contributed by atoms with Crippen LogP contribution >= 0.6 is 0 Å². The molecular weight excluding hydrogens is 236 g/mol. The van der Waals surface area contributed by atoms with E-state index in [0.717, 1.165) is 32.1 Å². The predicted octanol–water partition coefficient (Wildman–Crippen LogP) is 3.35. The molecule has 0 aromatic heterocycles. The molecule has 0 aliphatic heterocycles. The van der Waals surface area contributed by atoms with Crippen molar-refractivity contribution in [3.8, 4) is 11.8 Å². The van der Waals surface area contributed by atoms with E-state index in [1.54, 1.807) is 0 Å². The summed E-state index contributed by atoms with van der Waals surface area (Å²) in [7, 11) is 0. The van der Waals surface area contributed by atoms with Crippen LogP contribution in [0.3, 0.4) is 0 Å². The second-order valence-corrected chi connectivity index (χ2v) is 5.03. The van der Waals surface area contributed by atoms with Gasteiger partial charge in [0.1, 0.15) is 0 Å². The van der Waals surface area contributed by atoms with Gasteiger partial charge in [-0.25, -0.2) is 0 Å². The summed E-state index contributed by atoms with van der Waals surface area (Å²) in [5, 5.41) is 0. The van der Waals surface area contributed by atoms with E-state index in [4.69, 9.17) is 4.74 Å². The molecule has 2 heteroatoms. The molecular formula is C17H20O2. The predicted molar refractivity (Wildman–Crippen MR) is 75.4 cm³/mol. The number of ether oxygens (including phenoxy) is 1. The maximum Gasteiger partial charge on any atom is 0.303 e. The third-order valence-corrected chi connectivity index (χ3v) is 3.20. The summed E-state index contributed by atoms with van der Waals surface area (Å²) in [6, 6.07) is 10.4. The van der Waals surface area contributed by atoms with Crippen molar-refractivity contribution in [2.75, 3.05) is 0 Å². The number of esters is 1. The van der Waals surface area contributed by atoms with E-state index in [2.05, 4.69) is 36.1 Å². The van der Waals surface area contributed by atoms with Gasteiger partial charge in [0.25, 0.3) is 0 Å². The van der Waals surface area contributed by atoms with Gasteiger partial charge in [-0.1, -0.05) is 42.2 Å². The van der Waals surface area contributed by atoms with Crippen LogP contribution in [-0.2, 0) is 16.0 Å². The van der Waals surface area contributed by atoms with Gasteiger partial charge in [0, 0.05) is 19.3 Å². The SMILES string of the molecule is CC(=O)OC(C#CCCCc1ccccc1)C1CC1. The summed E-state index contributed by atoms with van der Waals surface area (Å²) in [6.07, 6.45) is 5.06. The highest BCUT2D eigenvalue weighted by molar-refractivity contribution is 5.66. The minimum atomic E-state index is -0.226. The molecule has 100 valence electrons. The molecule has 1 saturated carbocycles. The molecule has 0 saturated heterocycles. The topological polar surface area (TPSA) is 26.3 Å². The number of hydrogen-bond donors (Lipinski definition) is 0. The molecule has 2 nitrogen and oxygen atoms in total. The fraction of sp³-hybridized carbons (Fsp3) is 0.471. The average molecular weight is 256 g/mol. The van der Waals surface area contributed by atoms with Crippen molar-refractivity contribution in [1.82, 2.24) is 0 Å². The number of carbonyl (C=O) groups excluding carboxylic acids is 1. The Morgan fingerprint density at radius 1 is 1.37 bits per heavy atom. The van der Waals surface area contributed by atoms with Crippen molar-refractivity contribution >= 4 is 5.97 Å². The number of aryl methyl sites for hydroxylation is 1. The second-order valence-electron chi connectivity index (χ2n) is 5.03. The molecule has 2 rings (SSSR count). The fourth-order valence-corrected chi connectivity index (χ4v) is 2.02. The zero-order valence-electron chi connectivity index (χ0n) is 11.4. The third-order valence-electron chi connectivity index (χ3n) is 3.20. The highest BCUT2D eigenvalue weighted by atomic mass is 16.5. The molecule has 1 atom stereocenters. The molecule has 0 radical (unpaired) electrons. The molecule has 0 spiro atoms. The van der Waals surface area contributed by atoms with Crippen molar-refractivity contribution in [1.29, 1.82) is 0 Å². The van der Waals surface area contributed by atoms with Crippen molar-refractivity contribution in [2.45, 2.75) is 45.1 Å². The second kappa shape index (κ2) is 6.99. The number of benzene rings is 1. The Kier molecular flexibility index (Phi) is 5.03. The van der Waals surface area contributed by atoms with Crippen LogP contribution in [0.5, 0.6) is 0 Å². The number of carbonyl (C=O) groups is 1. The molecule has 1 aromatic rings. The maximum atomic E-state index is 11.0. The van der Waals surface area contributed by atoms with Crippen LogP contribution in [0.4, 0.5) is 0 Å². The van der Waals surface area contributed by atoms with Gasteiger partial charge in [-0.2, -0.15) is 0 Å². The Labute approximate surface area is 115 Å². The van der Waals surface area contributed by atoms with Crippen LogP contribution in [0.2, 0.25) is 0 Å². The van der Waals surface area contributed by atoms with Crippen molar-refractivity contribution in [2.24, 2.45) is 5.92 Å². The Balaban J connectivity index is 1.72. The summed E-state index contributed by atoms with van der Waals surface area (Å²) in [4.78, 5) is 11.0. The molecule has 1 fully saturated rings. The molecule has 0 N–H and O–H groups in total. The summed E-state index contributed by atoms with van der Waals surface area (Å²) in [5.41, 5.74) is 1.35. The van der Waals surface area contributed by atoms with E-state index < -0.39 is 0 Å². The van der Waals surface area contributed by atoms with E-state index >= 15 is 0 Å². The third kappa shape index (κ3) is 5.18. The normalized spacial score (nSPS) is 15.2. The molecule has 0 amide bonds. The standard InChI is InChI=1S/C17H20O2/c1-14(18)19-17(16-12-13-16)11-7-3-6-10-15-8-4-2-5-9-15/h2,4-5,8-9,16-17H,3,6,10,12-13H2,1H3. The summed E-state index contributed by atoms with van der Waals surface area (Å²) in [6.45, 7) is 1.45. The van der Waals surface area contributed by atoms with Gasteiger partial charge in [0.2, 0.25) is 0 Å². The first-order valence-corrected chi connectivity index (χ1v) is 6.95. The smallest absolute Gasteiger partial charge is 0.303 e. The zero-order valence-corrected chi connectivity index (χ0v) is 11.4. The monoisotopic (exact) mass is 256 g/mol. The van der Waals surface area contributed by atoms with Gasteiger partial charge in [-0.3, -0.25) is 4.79 Å². The fourth-order valence-electron chi connectivity index (χ4n) is 2.02. The molecule has 1 aromatic carbocycles. The van der Waals surface area contributed by atoms with Crippen LogP contribution in [-0.4, -0.2) is 12.1 Å². The molecule has 0 heterocycles. The molecule has 1 aliphatic carbocycles. The summed E-state index contributed by atoms with van der Waals surface area (Å²) < 4.78 is 5.23. The van der Waals surface area contributed by atoms with Gasteiger partial charge < -0.3 is 4.74 Å². The maximum absolute atomic E-state index is 11.0. The van der Waals surface area contributed by atoms with Crippen molar-refractivity contribution in [3.05, 3.63) is 35.9 Å². The van der Waals surface area contributed by atoms with Gasteiger partial charge in [0.05, 0.1) is 0 Å². The van der Waals surface area contributed by atoms with Gasteiger partial charge in [-0.15, -0.1) is 0 Å². The largest absolute Gasteiger partial charge is 0.449 e. The van der Waals surface area contributed by atoms with E-state index in [9.17, 15) is 4.79 Å². The van der Waals surface area contributed by atoms with Gasteiger partial charge >= 0.3 is 5.97 Å². The molecule has 1 aliphatic rings. The molecule has 0 bridgehead atoms. The van der Waals surface area contributed by atoms with Gasteiger partial charge in [0.15, 0.2) is 6.10 Å². The van der Waals surface area contributed by atoms with E-state index in [1.807, 2.05) is 6.07 Å². The minimum absolute atomic E-state index is 0.172. The highest BCUT2D eigenvalue weighted by Crippen LogP contribution is 2.34. The van der Waals surface area contributed by atoms with Crippen molar-refractivity contribution in [3.63, 3.8) is 0 Å². The Morgan fingerprint density at radius 3 is 2.74 bits per heavy atom. The van der Waals surface area contributed by atoms with E-state index in [0.29, 0.717) is 5.92 Å². The Hall–Kier alpha value is -1.75. The van der Waals surface area contributed by atoms with Crippen LogP contribution < -0.4 is 0 Å². The summed E-state index contributed by atoms with van der Waals surface area (Å²) in [5.74, 6) is 6.51. The van der Waals surface area contributed by atoms with Crippen molar-refractivity contribution < 1.29 is 9.53 Å². The first-order chi connectivity index (χ1) is 9.25. The molecule has 1 unspecified atom stereocenters. The number of hydrogen-bond acceptors (Lipinski definition) is 2. The van der Waals surface area contributed by atoms with Crippen LogP contribution in [0.15, 0.2) is 30.3 Å². The van der Waals surface area contributed by atoms with E-state index in [1.165, 1.54) is 12.5 Å². The number of rotatable bonds is 5. The van der Waals surface area contributed by atoms with Gasteiger partial charge in [-0.05, 0) is 31.2 Å². The average Bonchev–Trinajstić information content (AvgIpc) is 3.22. The first-order valence-electron chi connectivity index (χ1n) is 6.95. The van der Waals surface area contributed by atoms with Crippen LogP contribution in [0.1, 0.15) is 38.2 Å². The highest BCUT2D eigenvalue weighted by Gasteiger charge is 2.32. The zero-order chi connectivity index (χ0) is 13.5. The quantitative estimate of drug-likeness (QED) is 0.459. The van der Waals surface area contributed by atoms with Crippen LogP contribution in [0.25, 0.3) is 0 Å². The Bertz CT molecular complexity index is 463. The lowest BCUT2D eigenvalue weighted by molar-refractivity contribution is -0.144. The lowest BCUT2D eigenvalue weighted by atomic mass is 10.1.